The lowest BCUT2D eigenvalue weighted by Crippen LogP contribution is -1.99. The summed E-state index contributed by atoms with van der Waals surface area (Å²) >= 11 is 0. The third-order valence-electron chi connectivity index (χ3n) is 3.37. The summed E-state index contributed by atoms with van der Waals surface area (Å²) in [6.07, 6.45) is 3.36. The summed E-state index contributed by atoms with van der Waals surface area (Å²) in [5, 5.41) is 38.0. The fraction of sp³-hybridized carbons (Fsp3) is 0.176. The van der Waals surface area contributed by atoms with Crippen molar-refractivity contribution in [2.45, 2.75) is 13.2 Å². The first kappa shape index (κ1) is 15.9. The lowest BCUT2D eigenvalue weighted by atomic mass is 10.0. The molecule has 0 aromatic heterocycles. The Morgan fingerprint density at radius 2 is 1.82 bits per heavy atom. The average Bonchev–Trinajstić information content (AvgIpc) is 2.55. The van der Waals surface area contributed by atoms with Crippen molar-refractivity contribution in [2.24, 2.45) is 0 Å². The molecule has 0 bridgehead atoms. The fourth-order valence-corrected chi connectivity index (χ4v) is 2.19. The number of ether oxygens (including phenoxy) is 1. The van der Waals surface area contributed by atoms with Gasteiger partial charge in [-0.1, -0.05) is 24.3 Å². The highest BCUT2D eigenvalue weighted by molar-refractivity contribution is 5.74. The van der Waals surface area contributed by atoms with Crippen molar-refractivity contribution in [3.63, 3.8) is 0 Å². The van der Waals surface area contributed by atoms with E-state index in [2.05, 4.69) is 0 Å². The van der Waals surface area contributed by atoms with E-state index in [4.69, 9.17) is 4.74 Å². The van der Waals surface area contributed by atoms with E-state index >= 15 is 0 Å². The Morgan fingerprint density at radius 3 is 2.45 bits per heavy atom. The van der Waals surface area contributed by atoms with Gasteiger partial charge < -0.3 is 25.2 Å². The number of rotatable bonds is 5. The maximum absolute atomic E-state index is 9.76. The van der Waals surface area contributed by atoms with Crippen LogP contribution in [-0.2, 0) is 13.2 Å². The molecule has 0 aliphatic heterocycles. The van der Waals surface area contributed by atoms with Gasteiger partial charge in [-0.25, -0.2) is 0 Å². The molecule has 2 aromatic carbocycles. The molecular formula is C17H18O5. The van der Waals surface area contributed by atoms with Crippen LogP contribution in [0.3, 0.4) is 0 Å². The van der Waals surface area contributed by atoms with Crippen molar-refractivity contribution < 1.29 is 25.2 Å². The minimum absolute atomic E-state index is 0.189. The van der Waals surface area contributed by atoms with Gasteiger partial charge in [0.25, 0.3) is 0 Å². The van der Waals surface area contributed by atoms with Crippen LogP contribution in [0.15, 0.2) is 30.3 Å². The van der Waals surface area contributed by atoms with Crippen molar-refractivity contribution in [2.75, 3.05) is 7.11 Å². The van der Waals surface area contributed by atoms with Crippen molar-refractivity contribution in [1.29, 1.82) is 0 Å². The molecule has 0 spiro atoms. The molecule has 0 saturated heterocycles. The summed E-state index contributed by atoms with van der Waals surface area (Å²) in [5.74, 6) is 0.0975. The Hall–Kier alpha value is -2.50. The molecular weight excluding hydrogens is 284 g/mol. The standard InChI is InChI=1S/C17H18O5/c1-22-16-8-11(7-13(9-18)14(16)10-19)5-6-12-3-2-4-15(20)17(12)21/h2-8,18-21H,9-10H2,1H3. The number of hydrogen-bond donors (Lipinski definition) is 4. The third-order valence-corrected chi connectivity index (χ3v) is 3.37. The monoisotopic (exact) mass is 302 g/mol. The molecule has 22 heavy (non-hydrogen) atoms. The zero-order valence-corrected chi connectivity index (χ0v) is 12.2. The largest absolute Gasteiger partial charge is 0.504 e. The zero-order valence-electron chi connectivity index (χ0n) is 12.2. The number of hydrogen-bond acceptors (Lipinski definition) is 5. The first-order chi connectivity index (χ1) is 10.6. The number of aromatic hydroxyl groups is 2. The van der Waals surface area contributed by atoms with Gasteiger partial charge in [-0.05, 0) is 29.3 Å². The van der Waals surface area contributed by atoms with Crippen LogP contribution >= 0.6 is 0 Å². The van der Waals surface area contributed by atoms with Crippen molar-refractivity contribution in [1.82, 2.24) is 0 Å². The highest BCUT2D eigenvalue weighted by Gasteiger charge is 2.09. The highest BCUT2D eigenvalue weighted by Crippen LogP contribution is 2.30. The number of aliphatic hydroxyl groups is 2. The molecule has 0 aliphatic rings. The van der Waals surface area contributed by atoms with E-state index in [1.165, 1.54) is 13.2 Å². The first-order valence-corrected chi connectivity index (χ1v) is 6.71. The topological polar surface area (TPSA) is 90.2 Å². The highest BCUT2D eigenvalue weighted by atomic mass is 16.5. The summed E-state index contributed by atoms with van der Waals surface area (Å²) < 4.78 is 5.22. The summed E-state index contributed by atoms with van der Waals surface area (Å²) in [6.45, 7) is -0.443. The van der Waals surface area contributed by atoms with Gasteiger partial charge in [0.15, 0.2) is 11.5 Å². The van der Waals surface area contributed by atoms with Gasteiger partial charge in [-0.3, -0.25) is 0 Å². The van der Waals surface area contributed by atoms with E-state index in [-0.39, 0.29) is 24.7 Å². The Balaban J connectivity index is 2.41. The minimum Gasteiger partial charge on any atom is -0.504 e. The number of aliphatic hydroxyl groups excluding tert-OH is 2. The maximum atomic E-state index is 9.76. The lowest BCUT2D eigenvalue weighted by molar-refractivity contribution is 0.254. The molecule has 0 amide bonds. The number of methoxy groups -OCH3 is 1. The normalized spacial score (nSPS) is 11.0. The summed E-state index contributed by atoms with van der Waals surface area (Å²) in [4.78, 5) is 0. The molecule has 0 aliphatic carbocycles. The number of phenolic OH excluding ortho intramolecular Hbond substituents is 2. The lowest BCUT2D eigenvalue weighted by Gasteiger charge is -2.12. The molecule has 4 N–H and O–H groups in total. The maximum Gasteiger partial charge on any atom is 0.164 e. The van der Waals surface area contributed by atoms with Gasteiger partial charge in [-0.2, -0.15) is 0 Å². The molecule has 2 rings (SSSR count). The Kier molecular flexibility index (Phi) is 5.04. The van der Waals surface area contributed by atoms with E-state index in [9.17, 15) is 20.4 Å². The Bertz CT molecular complexity index is 666. The summed E-state index contributed by atoms with van der Waals surface area (Å²) in [7, 11) is 1.49. The fourth-order valence-electron chi connectivity index (χ4n) is 2.19. The second-order valence-corrected chi connectivity index (χ2v) is 4.73. The van der Waals surface area contributed by atoms with Gasteiger partial charge in [0, 0.05) is 11.1 Å². The molecule has 5 heteroatoms. The van der Waals surface area contributed by atoms with Crippen LogP contribution in [-0.4, -0.2) is 27.5 Å². The number of phenols is 2. The quantitative estimate of drug-likeness (QED) is 0.502. The molecule has 2 aromatic rings. The molecule has 116 valence electrons. The second-order valence-electron chi connectivity index (χ2n) is 4.73. The average molecular weight is 302 g/mol. The van der Waals surface area contributed by atoms with E-state index in [0.29, 0.717) is 22.4 Å². The predicted octanol–water partition coefficient (Wildman–Crippen LogP) is 2.26. The first-order valence-electron chi connectivity index (χ1n) is 6.71. The third kappa shape index (κ3) is 3.21. The Morgan fingerprint density at radius 1 is 1.05 bits per heavy atom. The zero-order chi connectivity index (χ0) is 16.1. The van der Waals surface area contributed by atoms with Crippen LogP contribution in [0.25, 0.3) is 12.2 Å². The van der Waals surface area contributed by atoms with Gasteiger partial charge in [-0.15, -0.1) is 0 Å². The SMILES string of the molecule is COc1cc(C=Cc2cccc(O)c2O)cc(CO)c1CO. The smallest absolute Gasteiger partial charge is 0.164 e. The van der Waals surface area contributed by atoms with E-state index < -0.39 is 0 Å². The van der Waals surface area contributed by atoms with Gasteiger partial charge in [0.05, 0.1) is 20.3 Å². The molecule has 0 saturated carbocycles. The summed E-state index contributed by atoms with van der Waals surface area (Å²) in [5.41, 5.74) is 2.32. The van der Waals surface area contributed by atoms with Crippen LogP contribution in [0, 0.1) is 0 Å². The summed E-state index contributed by atoms with van der Waals surface area (Å²) in [6, 6.07) is 8.14. The van der Waals surface area contributed by atoms with Gasteiger partial charge in [0.2, 0.25) is 0 Å². The molecule has 0 radical (unpaired) electrons. The molecule has 0 fully saturated rings. The predicted molar refractivity (Wildman–Crippen MR) is 83.5 cm³/mol. The molecule has 0 unspecified atom stereocenters. The Labute approximate surface area is 128 Å². The van der Waals surface area contributed by atoms with Crippen LogP contribution in [0.2, 0.25) is 0 Å². The van der Waals surface area contributed by atoms with Crippen LogP contribution in [0.4, 0.5) is 0 Å². The van der Waals surface area contributed by atoms with E-state index in [1.54, 1.807) is 36.4 Å². The van der Waals surface area contributed by atoms with Gasteiger partial charge >= 0.3 is 0 Å². The van der Waals surface area contributed by atoms with Crippen LogP contribution in [0.5, 0.6) is 17.2 Å². The van der Waals surface area contributed by atoms with Crippen molar-refractivity contribution in [3.8, 4) is 17.2 Å². The van der Waals surface area contributed by atoms with Gasteiger partial charge in [0.1, 0.15) is 5.75 Å². The second kappa shape index (κ2) is 6.98. The number of para-hydroxylation sites is 1. The molecule has 0 heterocycles. The van der Waals surface area contributed by atoms with Crippen LogP contribution < -0.4 is 4.74 Å². The number of benzene rings is 2. The van der Waals surface area contributed by atoms with Crippen LogP contribution in [0.1, 0.15) is 22.3 Å². The van der Waals surface area contributed by atoms with Crippen molar-refractivity contribution in [3.05, 3.63) is 52.6 Å². The van der Waals surface area contributed by atoms with E-state index in [0.717, 1.165) is 5.56 Å². The van der Waals surface area contributed by atoms with E-state index in [1.807, 2.05) is 0 Å². The van der Waals surface area contributed by atoms with Crippen molar-refractivity contribution >= 4 is 12.2 Å². The molecule has 5 nitrogen and oxygen atoms in total. The molecule has 0 atom stereocenters. The minimum atomic E-state index is -0.226.